The minimum atomic E-state index is -0.105. The van der Waals surface area contributed by atoms with Crippen molar-refractivity contribution in [2.45, 2.75) is 25.4 Å². The summed E-state index contributed by atoms with van der Waals surface area (Å²) in [6.45, 7) is 3.65. The van der Waals surface area contributed by atoms with Gasteiger partial charge >= 0.3 is 0 Å². The summed E-state index contributed by atoms with van der Waals surface area (Å²) in [5.74, 6) is -0.164. The molecule has 1 unspecified atom stereocenters. The van der Waals surface area contributed by atoms with E-state index in [-0.39, 0.29) is 17.9 Å². The molecule has 1 atom stereocenters. The van der Waals surface area contributed by atoms with Crippen molar-refractivity contribution in [3.05, 3.63) is 31.9 Å². The Balaban J connectivity index is 0.00000124. The van der Waals surface area contributed by atoms with Gasteiger partial charge in [-0.25, -0.2) is 4.98 Å². The quantitative estimate of drug-likeness (QED) is 0.616. The molecular formula is C19H26ClN5O3S2. The summed E-state index contributed by atoms with van der Waals surface area (Å²) < 4.78 is 0.602. The summed E-state index contributed by atoms with van der Waals surface area (Å²) in [4.78, 5) is 35.4. The molecule has 1 saturated heterocycles. The molecule has 4 rings (SSSR count). The molecule has 2 aromatic heterocycles. The molecule has 0 bridgehead atoms. The van der Waals surface area contributed by atoms with Gasteiger partial charge < -0.3 is 20.6 Å². The first-order valence-corrected chi connectivity index (χ1v) is 11.7. The topological polar surface area (TPSA) is 97.8 Å². The van der Waals surface area contributed by atoms with E-state index in [9.17, 15) is 9.59 Å². The number of aromatic nitrogens is 1. The van der Waals surface area contributed by atoms with Crippen molar-refractivity contribution in [2.75, 3.05) is 45.7 Å². The number of aliphatic hydroxyl groups excluding tert-OH is 1. The number of anilines is 1. The zero-order valence-electron chi connectivity index (χ0n) is 17.0. The normalized spacial score (nSPS) is 19.0. The maximum atomic E-state index is 12.4. The molecule has 164 valence electrons. The van der Waals surface area contributed by atoms with Crippen LogP contribution in [0.15, 0.2) is 12.1 Å². The van der Waals surface area contributed by atoms with Crippen molar-refractivity contribution < 1.29 is 14.7 Å². The Bertz CT molecular complexity index is 887. The van der Waals surface area contributed by atoms with Gasteiger partial charge in [-0.2, -0.15) is 0 Å². The molecule has 8 nitrogen and oxygen atoms in total. The fourth-order valence-electron chi connectivity index (χ4n) is 3.53. The van der Waals surface area contributed by atoms with E-state index < -0.39 is 0 Å². The number of thiazole rings is 1. The van der Waals surface area contributed by atoms with E-state index in [0.29, 0.717) is 27.4 Å². The van der Waals surface area contributed by atoms with E-state index in [1.165, 1.54) is 16.2 Å². The Hall–Kier alpha value is -1.56. The Kier molecular flexibility index (Phi) is 8.20. The standard InChI is InChI=1S/C18H22ClN5O2S2.CH4O/c1-23-6-5-12-14(9-23)28-18(21-12)22-16(25)10-24-7-4-11(8-24)20-17(26)13-2-3-15(19)27-13;1-2/h2-3,11H,4-10H2,1H3,(H,20,26)(H,21,22,25);2H,1H3. The predicted molar refractivity (Wildman–Crippen MR) is 121 cm³/mol. The lowest BCUT2D eigenvalue weighted by atomic mass is 10.2. The van der Waals surface area contributed by atoms with Gasteiger partial charge in [0.05, 0.1) is 21.5 Å². The van der Waals surface area contributed by atoms with Gasteiger partial charge in [-0.05, 0) is 25.6 Å². The highest BCUT2D eigenvalue weighted by atomic mass is 35.5. The highest BCUT2D eigenvalue weighted by Crippen LogP contribution is 2.27. The Morgan fingerprint density at radius 1 is 1.30 bits per heavy atom. The van der Waals surface area contributed by atoms with Gasteiger partial charge in [0.15, 0.2) is 5.13 Å². The number of rotatable bonds is 5. The molecule has 2 amide bonds. The maximum absolute atomic E-state index is 12.4. The first kappa shape index (κ1) is 23.1. The number of carbonyl (C=O) groups excluding carboxylic acids is 2. The van der Waals surface area contributed by atoms with Crippen LogP contribution in [0.3, 0.4) is 0 Å². The lowest BCUT2D eigenvalue weighted by Gasteiger charge is -2.20. The fourth-order valence-corrected chi connectivity index (χ4v) is 5.58. The van der Waals surface area contributed by atoms with Crippen molar-refractivity contribution in [3.8, 4) is 0 Å². The number of nitrogens with zero attached hydrogens (tertiary/aromatic N) is 3. The molecule has 0 saturated carbocycles. The third-order valence-corrected chi connectivity index (χ3v) is 7.17. The second-order valence-corrected chi connectivity index (χ2v) is 10.0. The second-order valence-electron chi connectivity index (χ2n) is 7.22. The van der Waals surface area contributed by atoms with E-state index in [4.69, 9.17) is 16.7 Å². The Morgan fingerprint density at radius 2 is 2.10 bits per heavy atom. The van der Waals surface area contributed by atoms with Gasteiger partial charge in [0.2, 0.25) is 5.91 Å². The van der Waals surface area contributed by atoms with Crippen LogP contribution in [0.25, 0.3) is 0 Å². The summed E-state index contributed by atoms with van der Waals surface area (Å²) in [6.07, 6.45) is 1.76. The number of nitrogens with one attached hydrogen (secondary N) is 2. The predicted octanol–water partition coefficient (Wildman–Crippen LogP) is 1.90. The van der Waals surface area contributed by atoms with Crippen LogP contribution < -0.4 is 10.6 Å². The monoisotopic (exact) mass is 471 g/mol. The Labute approximate surface area is 188 Å². The lowest BCUT2D eigenvalue weighted by molar-refractivity contribution is -0.117. The van der Waals surface area contributed by atoms with E-state index in [1.54, 1.807) is 23.5 Å². The van der Waals surface area contributed by atoms with Crippen LogP contribution in [0, 0.1) is 0 Å². The first-order valence-electron chi connectivity index (χ1n) is 9.66. The van der Waals surface area contributed by atoms with Gasteiger partial charge in [-0.15, -0.1) is 22.7 Å². The minimum Gasteiger partial charge on any atom is -0.400 e. The maximum Gasteiger partial charge on any atom is 0.261 e. The van der Waals surface area contributed by atoms with Crippen LogP contribution in [-0.4, -0.2) is 78.1 Å². The summed E-state index contributed by atoms with van der Waals surface area (Å²) in [5, 5.41) is 13.6. The third kappa shape index (κ3) is 5.99. The minimum absolute atomic E-state index is 0.0453. The highest BCUT2D eigenvalue weighted by molar-refractivity contribution is 7.18. The number of aliphatic hydroxyl groups is 1. The third-order valence-electron chi connectivity index (χ3n) is 4.94. The smallest absolute Gasteiger partial charge is 0.261 e. The molecule has 0 aromatic carbocycles. The van der Waals surface area contributed by atoms with Crippen molar-refractivity contribution in [1.82, 2.24) is 20.1 Å². The van der Waals surface area contributed by atoms with Crippen molar-refractivity contribution in [3.63, 3.8) is 0 Å². The fraction of sp³-hybridized carbons (Fsp3) is 0.526. The zero-order valence-corrected chi connectivity index (χ0v) is 19.4. The number of likely N-dealkylation sites (tertiary alicyclic amines) is 1. The Morgan fingerprint density at radius 3 is 2.83 bits per heavy atom. The van der Waals surface area contributed by atoms with E-state index >= 15 is 0 Å². The number of hydrogen-bond acceptors (Lipinski definition) is 8. The second kappa shape index (κ2) is 10.7. The number of hydrogen-bond donors (Lipinski definition) is 3. The molecule has 3 N–H and O–H groups in total. The van der Waals surface area contributed by atoms with Crippen molar-refractivity contribution in [2.24, 2.45) is 0 Å². The molecule has 2 aliphatic rings. The van der Waals surface area contributed by atoms with Crippen molar-refractivity contribution in [1.29, 1.82) is 0 Å². The van der Waals surface area contributed by atoms with Gasteiger partial charge in [0.25, 0.3) is 5.91 Å². The SMILES string of the molecule is CN1CCc2nc(NC(=O)CN3CCC(NC(=O)c4ccc(Cl)s4)C3)sc2C1.CO. The molecule has 2 aliphatic heterocycles. The van der Waals surface area contributed by atoms with E-state index in [0.717, 1.165) is 45.3 Å². The molecule has 1 fully saturated rings. The molecule has 0 spiro atoms. The number of amides is 2. The molecule has 2 aromatic rings. The van der Waals surface area contributed by atoms with Gasteiger partial charge in [-0.3, -0.25) is 14.5 Å². The average Bonchev–Trinajstić information content (AvgIpc) is 3.43. The van der Waals surface area contributed by atoms with Crippen LogP contribution in [0.2, 0.25) is 4.34 Å². The number of likely N-dealkylation sites (N-methyl/N-ethyl adjacent to an activating group) is 1. The summed E-state index contributed by atoms with van der Waals surface area (Å²) in [7, 11) is 3.09. The van der Waals surface area contributed by atoms with E-state index in [2.05, 4.69) is 32.5 Å². The van der Waals surface area contributed by atoms with Crippen LogP contribution in [0.5, 0.6) is 0 Å². The van der Waals surface area contributed by atoms with Crippen LogP contribution in [0.1, 0.15) is 26.7 Å². The average molecular weight is 472 g/mol. The van der Waals surface area contributed by atoms with Crippen molar-refractivity contribution >= 4 is 51.2 Å². The largest absolute Gasteiger partial charge is 0.400 e. The number of fused-ring (bicyclic) bond motifs is 1. The molecule has 30 heavy (non-hydrogen) atoms. The lowest BCUT2D eigenvalue weighted by Crippen LogP contribution is -2.38. The molecule has 0 aliphatic carbocycles. The summed E-state index contributed by atoms with van der Waals surface area (Å²) in [6, 6.07) is 3.50. The number of halogens is 1. The molecule has 0 radical (unpaired) electrons. The van der Waals surface area contributed by atoms with Gasteiger partial charge in [0.1, 0.15) is 0 Å². The molecule has 11 heteroatoms. The van der Waals surface area contributed by atoms with Gasteiger partial charge in [0, 0.05) is 50.6 Å². The zero-order chi connectivity index (χ0) is 21.7. The summed E-state index contributed by atoms with van der Waals surface area (Å²) >= 11 is 8.72. The number of thiophene rings is 1. The van der Waals surface area contributed by atoms with Crippen LogP contribution in [-0.2, 0) is 17.8 Å². The van der Waals surface area contributed by atoms with Gasteiger partial charge in [-0.1, -0.05) is 11.6 Å². The van der Waals surface area contributed by atoms with E-state index in [1.807, 2.05) is 0 Å². The highest BCUT2D eigenvalue weighted by Gasteiger charge is 2.26. The number of carbonyl (C=O) groups is 2. The first-order chi connectivity index (χ1) is 14.5. The molecule has 4 heterocycles. The van der Waals surface area contributed by atoms with Crippen LogP contribution >= 0.6 is 34.3 Å². The summed E-state index contributed by atoms with van der Waals surface area (Å²) in [5.41, 5.74) is 1.11. The van der Waals surface area contributed by atoms with Crippen LogP contribution in [0.4, 0.5) is 5.13 Å². The molecular weight excluding hydrogens is 446 g/mol.